The molecule has 0 unspecified atom stereocenters. The minimum Gasteiger partial charge on any atom is -0.379 e. The lowest BCUT2D eigenvalue weighted by Crippen LogP contribution is -2.27. The van der Waals surface area contributed by atoms with E-state index >= 15 is 0 Å². The minimum absolute atomic E-state index is 0.0315. The molecule has 0 aliphatic heterocycles. The van der Waals surface area contributed by atoms with Gasteiger partial charge >= 0.3 is 0 Å². The van der Waals surface area contributed by atoms with E-state index in [0.717, 1.165) is 11.3 Å². The third-order valence-corrected chi connectivity index (χ3v) is 3.22. The summed E-state index contributed by atoms with van der Waals surface area (Å²) in [5.74, 6) is -0.162. The van der Waals surface area contributed by atoms with Crippen molar-refractivity contribution in [1.82, 2.24) is 10.3 Å². The number of carbonyl (C=O) groups excluding carboxylic acids is 1. The first kappa shape index (κ1) is 16.0. The predicted molar refractivity (Wildman–Crippen MR) is 90.0 cm³/mol. The third kappa shape index (κ3) is 4.58. The second-order valence-electron chi connectivity index (χ2n) is 6.42. The van der Waals surface area contributed by atoms with Crippen molar-refractivity contribution in [2.24, 2.45) is 0 Å². The van der Waals surface area contributed by atoms with E-state index in [-0.39, 0.29) is 11.4 Å². The largest absolute Gasteiger partial charge is 0.379 e. The van der Waals surface area contributed by atoms with Gasteiger partial charge in [-0.1, -0.05) is 24.3 Å². The van der Waals surface area contributed by atoms with Gasteiger partial charge in [-0.2, -0.15) is 0 Å². The molecule has 0 spiro atoms. The van der Waals surface area contributed by atoms with Crippen molar-refractivity contribution in [1.29, 1.82) is 0 Å². The Hall–Kier alpha value is -2.36. The van der Waals surface area contributed by atoms with Crippen molar-refractivity contribution in [3.8, 4) is 0 Å². The molecule has 22 heavy (non-hydrogen) atoms. The number of aryl methyl sites for hydroxylation is 1. The van der Waals surface area contributed by atoms with Gasteiger partial charge in [0.15, 0.2) is 0 Å². The maximum atomic E-state index is 12.1. The summed E-state index contributed by atoms with van der Waals surface area (Å²) in [4.78, 5) is 16.4. The number of amides is 1. The molecular formula is C18H23N3O. The van der Waals surface area contributed by atoms with Gasteiger partial charge in [-0.25, -0.2) is 4.98 Å². The van der Waals surface area contributed by atoms with Gasteiger partial charge in [-0.15, -0.1) is 0 Å². The van der Waals surface area contributed by atoms with E-state index in [4.69, 9.17) is 0 Å². The first-order valence-electron chi connectivity index (χ1n) is 7.42. The van der Waals surface area contributed by atoms with E-state index in [0.29, 0.717) is 12.2 Å². The molecule has 116 valence electrons. The van der Waals surface area contributed by atoms with E-state index in [9.17, 15) is 4.79 Å². The zero-order chi connectivity index (χ0) is 16.2. The van der Waals surface area contributed by atoms with Gasteiger partial charge in [0.05, 0.1) is 11.9 Å². The summed E-state index contributed by atoms with van der Waals surface area (Å²) in [6.07, 6.45) is 1.69. The fraction of sp³-hybridized carbons (Fsp3) is 0.333. The van der Waals surface area contributed by atoms with Gasteiger partial charge in [-0.05, 0) is 51.0 Å². The summed E-state index contributed by atoms with van der Waals surface area (Å²) in [7, 11) is 0. The zero-order valence-corrected chi connectivity index (χ0v) is 13.6. The first-order valence-corrected chi connectivity index (χ1v) is 7.42. The predicted octanol–water partition coefficient (Wildman–Crippen LogP) is 3.53. The number of anilines is 1. The number of nitrogens with one attached hydrogen (secondary N) is 2. The minimum atomic E-state index is -0.162. The Morgan fingerprint density at radius 1 is 1.14 bits per heavy atom. The van der Waals surface area contributed by atoms with Crippen LogP contribution in [-0.2, 0) is 6.54 Å². The van der Waals surface area contributed by atoms with Gasteiger partial charge < -0.3 is 10.6 Å². The maximum absolute atomic E-state index is 12.1. The van der Waals surface area contributed by atoms with E-state index in [1.165, 1.54) is 5.56 Å². The van der Waals surface area contributed by atoms with Gasteiger partial charge in [0, 0.05) is 12.1 Å². The highest BCUT2D eigenvalue weighted by Gasteiger charge is 2.11. The van der Waals surface area contributed by atoms with Gasteiger partial charge in [-0.3, -0.25) is 4.79 Å². The normalized spacial score (nSPS) is 11.1. The molecule has 0 aliphatic rings. The molecule has 1 heterocycles. The third-order valence-electron chi connectivity index (χ3n) is 3.22. The average Bonchev–Trinajstić information content (AvgIpc) is 2.45. The van der Waals surface area contributed by atoms with E-state index in [1.54, 1.807) is 12.3 Å². The van der Waals surface area contributed by atoms with Crippen LogP contribution in [0.4, 0.5) is 5.69 Å². The summed E-state index contributed by atoms with van der Waals surface area (Å²) in [5, 5.41) is 6.22. The van der Waals surface area contributed by atoms with Crippen LogP contribution in [0, 0.1) is 6.92 Å². The molecule has 0 bridgehead atoms. The van der Waals surface area contributed by atoms with Crippen LogP contribution in [0.1, 0.15) is 42.4 Å². The second-order valence-corrected chi connectivity index (χ2v) is 6.42. The van der Waals surface area contributed by atoms with Crippen LogP contribution in [0.3, 0.4) is 0 Å². The standard InChI is InChI=1S/C18H23N3O/c1-13-7-5-6-8-14(13)11-20-17(22)16-10-9-15(12-19-16)21-18(2,3)4/h5-10,12,21H,11H2,1-4H3,(H,20,22). The fourth-order valence-corrected chi connectivity index (χ4v) is 2.11. The number of hydrogen-bond donors (Lipinski definition) is 2. The average molecular weight is 297 g/mol. The van der Waals surface area contributed by atoms with E-state index in [2.05, 4.69) is 36.4 Å². The smallest absolute Gasteiger partial charge is 0.270 e. The van der Waals surface area contributed by atoms with Gasteiger partial charge in [0.1, 0.15) is 5.69 Å². The number of nitrogens with zero attached hydrogens (tertiary/aromatic N) is 1. The number of aromatic nitrogens is 1. The van der Waals surface area contributed by atoms with Crippen molar-refractivity contribution >= 4 is 11.6 Å². The van der Waals surface area contributed by atoms with Crippen LogP contribution in [0.15, 0.2) is 42.6 Å². The molecule has 0 saturated heterocycles. The zero-order valence-electron chi connectivity index (χ0n) is 13.6. The summed E-state index contributed by atoms with van der Waals surface area (Å²) < 4.78 is 0. The molecule has 0 atom stereocenters. The molecule has 4 nitrogen and oxygen atoms in total. The highest BCUT2D eigenvalue weighted by molar-refractivity contribution is 5.92. The van der Waals surface area contributed by atoms with Crippen LogP contribution in [0.5, 0.6) is 0 Å². The maximum Gasteiger partial charge on any atom is 0.270 e. The van der Waals surface area contributed by atoms with E-state index in [1.807, 2.05) is 37.3 Å². The fourth-order valence-electron chi connectivity index (χ4n) is 2.11. The Bertz CT molecular complexity index is 642. The molecule has 0 aliphatic carbocycles. The quantitative estimate of drug-likeness (QED) is 0.907. The van der Waals surface area contributed by atoms with Crippen molar-refractivity contribution in [2.75, 3.05) is 5.32 Å². The lowest BCUT2D eigenvalue weighted by molar-refractivity contribution is 0.0946. The second kappa shape index (κ2) is 6.60. The molecule has 4 heteroatoms. The molecule has 1 amide bonds. The van der Waals surface area contributed by atoms with Crippen LogP contribution < -0.4 is 10.6 Å². The highest BCUT2D eigenvalue weighted by Crippen LogP contribution is 2.13. The molecular weight excluding hydrogens is 274 g/mol. The summed E-state index contributed by atoms with van der Waals surface area (Å²) in [5.41, 5.74) is 3.58. The Morgan fingerprint density at radius 2 is 1.86 bits per heavy atom. The number of carbonyl (C=O) groups is 1. The molecule has 0 radical (unpaired) electrons. The molecule has 0 fully saturated rings. The summed E-state index contributed by atoms with van der Waals surface area (Å²) >= 11 is 0. The Balaban J connectivity index is 1.97. The Kier molecular flexibility index (Phi) is 4.81. The van der Waals surface area contributed by atoms with Crippen molar-refractivity contribution < 1.29 is 4.79 Å². The lowest BCUT2D eigenvalue weighted by Gasteiger charge is -2.21. The highest BCUT2D eigenvalue weighted by atomic mass is 16.1. The van der Waals surface area contributed by atoms with Crippen LogP contribution >= 0.6 is 0 Å². The first-order chi connectivity index (χ1) is 10.3. The number of pyridine rings is 1. The molecule has 0 saturated carbocycles. The van der Waals surface area contributed by atoms with Crippen LogP contribution in [0.25, 0.3) is 0 Å². The topological polar surface area (TPSA) is 54.0 Å². The number of benzene rings is 1. The Morgan fingerprint density at radius 3 is 2.45 bits per heavy atom. The summed E-state index contributed by atoms with van der Waals surface area (Å²) in [6.45, 7) is 8.78. The lowest BCUT2D eigenvalue weighted by atomic mass is 10.1. The van der Waals surface area contributed by atoms with Crippen LogP contribution in [0.2, 0.25) is 0 Å². The van der Waals surface area contributed by atoms with Gasteiger partial charge in [0.25, 0.3) is 5.91 Å². The van der Waals surface area contributed by atoms with Gasteiger partial charge in [0.2, 0.25) is 0 Å². The van der Waals surface area contributed by atoms with E-state index < -0.39 is 0 Å². The molecule has 2 aromatic rings. The molecule has 1 aromatic carbocycles. The molecule has 2 rings (SSSR count). The van der Waals surface area contributed by atoms with Crippen LogP contribution in [-0.4, -0.2) is 16.4 Å². The monoisotopic (exact) mass is 297 g/mol. The van der Waals surface area contributed by atoms with Crippen molar-refractivity contribution in [2.45, 2.75) is 39.8 Å². The van der Waals surface area contributed by atoms with Crippen molar-refractivity contribution in [3.05, 3.63) is 59.4 Å². The Labute approximate surface area is 132 Å². The SMILES string of the molecule is Cc1ccccc1CNC(=O)c1ccc(NC(C)(C)C)cn1. The molecule has 1 aromatic heterocycles. The van der Waals surface area contributed by atoms with Crippen molar-refractivity contribution in [3.63, 3.8) is 0 Å². The summed E-state index contributed by atoms with van der Waals surface area (Å²) in [6, 6.07) is 11.6. The number of hydrogen-bond acceptors (Lipinski definition) is 3. The molecule has 2 N–H and O–H groups in total. The number of rotatable bonds is 4.